The number of aromatic carboxylic acids is 1. The Bertz CT molecular complexity index is 2340. The Morgan fingerprint density at radius 3 is 2.52 bits per heavy atom. The number of pyridine rings is 1. The number of ether oxygens (including phenoxy) is 2. The van der Waals surface area contributed by atoms with Gasteiger partial charge < -0.3 is 23.7 Å². The summed E-state index contributed by atoms with van der Waals surface area (Å²) >= 11 is 0. The van der Waals surface area contributed by atoms with E-state index in [9.17, 15) is 18.7 Å². The molecule has 0 aliphatic carbocycles. The SMILES string of the molecule is Cn1cncc1C#Cc1ccc(COc2cccc(-c3cc(F)c(Cc4nc5c(F)cc(C(=O)O)cc5n4C[C@@H]4CCO4)cc3F)n2)c(F)c1. The Morgan fingerprint density at radius 1 is 0.980 bits per heavy atom. The van der Waals surface area contributed by atoms with Gasteiger partial charge in [0.05, 0.1) is 41.9 Å². The smallest absolute Gasteiger partial charge is 0.335 e. The number of aryl methyl sites for hydroxylation is 1. The molecule has 0 spiro atoms. The summed E-state index contributed by atoms with van der Waals surface area (Å²) in [4.78, 5) is 24.2. The van der Waals surface area contributed by atoms with Gasteiger partial charge in [-0.25, -0.2) is 37.3 Å². The van der Waals surface area contributed by atoms with Gasteiger partial charge in [-0.2, -0.15) is 0 Å². The zero-order valence-corrected chi connectivity index (χ0v) is 26.5. The van der Waals surface area contributed by atoms with Crippen molar-refractivity contribution in [3.63, 3.8) is 0 Å². The number of carbonyl (C=O) groups is 1. The number of halogens is 4. The molecule has 50 heavy (non-hydrogen) atoms. The topological polar surface area (TPSA) is 104 Å². The fourth-order valence-electron chi connectivity index (χ4n) is 5.57. The van der Waals surface area contributed by atoms with Crippen LogP contribution in [-0.2, 0) is 31.4 Å². The van der Waals surface area contributed by atoms with E-state index in [0.29, 0.717) is 17.9 Å². The molecule has 0 unspecified atom stereocenters. The molecule has 1 atom stereocenters. The van der Waals surface area contributed by atoms with Crippen LogP contribution in [0.3, 0.4) is 0 Å². The first kappa shape index (κ1) is 32.5. The van der Waals surface area contributed by atoms with E-state index in [1.165, 1.54) is 24.3 Å². The molecule has 0 saturated carbocycles. The normalized spacial score (nSPS) is 13.9. The summed E-state index contributed by atoms with van der Waals surface area (Å²) in [6.07, 6.45) is 3.54. The van der Waals surface area contributed by atoms with Gasteiger partial charge in [0, 0.05) is 42.8 Å². The van der Waals surface area contributed by atoms with Crippen molar-refractivity contribution in [3.05, 3.63) is 130 Å². The second kappa shape index (κ2) is 13.5. The molecule has 252 valence electrons. The lowest BCUT2D eigenvalue weighted by atomic mass is 10.0. The standard InChI is InChI=1S/C37H27F4N5O4/c1-45-20-42-17-25(45)8-6-21-5-7-22(28(38)11-21)19-50-35-4-2-3-32(43-35)27-16-29(39)23(12-30(27)40)15-34-44-36-31(41)13-24(37(47)48)14-33(36)46(34)18-26-9-10-49-26/h2-5,7,11-14,16-17,20,26H,9-10,15,18-19H2,1H3,(H,47,48)/t26-/m0/s1. The van der Waals surface area contributed by atoms with Gasteiger partial charge in [0.25, 0.3) is 0 Å². The van der Waals surface area contributed by atoms with Crippen molar-refractivity contribution in [2.75, 3.05) is 6.61 Å². The number of rotatable bonds is 9. The number of carboxylic acids is 1. The molecule has 0 amide bonds. The highest BCUT2D eigenvalue weighted by Crippen LogP contribution is 2.30. The first-order valence-corrected chi connectivity index (χ1v) is 15.5. The molecule has 3 aromatic carbocycles. The maximum absolute atomic E-state index is 15.6. The van der Waals surface area contributed by atoms with E-state index in [2.05, 4.69) is 26.8 Å². The Balaban J connectivity index is 1.10. The fourth-order valence-corrected chi connectivity index (χ4v) is 5.57. The van der Waals surface area contributed by atoms with Gasteiger partial charge in [0.1, 0.15) is 41.1 Å². The number of hydrogen-bond donors (Lipinski definition) is 1. The zero-order valence-electron chi connectivity index (χ0n) is 26.5. The van der Waals surface area contributed by atoms with E-state index in [4.69, 9.17) is 9.47 Å². The number of aromatic nitrogens is 5. The first-order chi connectivity index (χ1) is 24.1. The summed E-state index contributed by atoms with van der Waals surface area (Å²) in [7, 11) is 1.80. The number of carboxylic acid groups (broad SMARTS) is 1. The third-order valence-electron chi connectivity index (χ3n) is 8.38. The largest absolute Gasteiger partial charge is 0.478 e. The molecule has 1 N–H and O–H groups in total. The summed E-state index contributed by atoms with van der Waals surface area (Å²) in [6.45, 7) is 0.618. The summed E-state index contributed by atoms with van der Waals surface area (Å²) in [6, 6.07) is 13.3. The van der Waals surface area contributed by atoms with Crippen molar-refractivity contribution in [1.82, 2.24) is 24.1 Å². The Kier molecular flexibility index (Phi) is 8.78. The molecule has 7 rings (SSSR count). The maximum Gasteiger partial charge on any atom is 0.335 e. The summed E-state index contributed by atoms with van der Waals surface area (Å²) < 4.78 is 75.5. The van der Waals surface area contributed by atoms with Gasteiger partial charge in [0.2, 0.25) is 5.88 Å². The van der Waals surface area contributed by atoms with Crippen LogP contribution in [0.25, 0.3) is 22.3 Å². The minimum atomic E-state index is -1.31. The fraction of sp³-hybridized carbons (Fsp3) is 0.189. The van der Waals surface area contributed by atoms with Crippen molar-refractivity contribution in [2.45, 2.75) is 32.1 Å². The lowest BCUT2D eigenvalue weighted by molar-refractivity contribution is -0.0589. The number of imidazole rings is 2. The van der Waals surface area contributed by atoms with Crippen molar-refractivity contribution >= 4 is 17.0 Å². The van der Waals surface area contributed by atoms with E-state index in [1.807, 2.05) is 0 Å². The van der Waals surface area contributed by atoms with Crippen LogP contribution in [0.2, 0.25) is 0 Å². The van der Waals surface area contributed by atoms with Crippen molar-refractivity contribution in [1.29, 1.82) is 0 Å². The zero-order chi connectivity index (χ0) is 34.9. The van der Waals surface area contributed by atoms with Crippen LogP contribution in [0.15, 0.2) is 73.2 Å². The molecule has 9 nitrogen and oxygen atoms in total. The first-order valence-electron chi connectivity index (χ1n) is 15.5. The highest BCUT2D eigenvalue weighted by atomic mass is 19.1. The third-order valence-corrected chi connectivity index (χ3v) is 8.38. The van der Waals surface area contributed by atoms with Crippen molar-refractivity contribution in [2.24, 2.45) is 7.05 Å². The third kappa shape index (κ3) is 6.65. The second-order valence-corrected chi connectivity index (χ2v) is 11.7. The molecular formula is C37H27F4N5O4. The van der Waals surface area contributed by atoms with Gasteiger partial charge in [-0.05, 0) is 60.4 Å². The molecule has 1 aliphatic rings. The summed E-state index contributed by atoms with van der Waals surface area (Å²) in [5.74, 6) is 1.91. The lowest BCUT2D eigenvalue weighted by Gasteiger charge is -2.27. The quantitative estimate of drug-likeness (QED) is 0.138. The van der Waals surface area contributed by atoms with E-state index >= 15 is 8.78 Å². The van der Waals surface area contributed by atoms with E-state index in [0.717, 1.165) is 24.6 Å². The van der Waals surface area contributed by atoms with Crippen LogP contribution in [0, 0.1) is 35.1 Å². The predicted octanol–water partition coefficient (Wildman–Crippen LogP) is 6.44. The number of fused-ring (bicyclic) bond motifs is 1. The predicted molar refractivity (Wildman–Crippen MR) is 173 cm³/mol. The van der Waals surface area contributed by atoms with Gasteiger partial charge in [-0.3, -0.25) is 0 Å². The summed E-state index contributed by atoms with van der Waals surface area (Å²) in [5, 5.41) is 9.45. The molecule has 3 aromatic heterocycles. The molecule has 4 heterocycles. The lowest BCUT2D eigenvalue weighted by Crippen LogP contribution is -2.31. The minimum Gasteiger partial charge on any atom is -0.478 e. The van der Waals surface area contributed by atoms with Crippen LogP contribution >= 0.6 is 0 Å². The minimum absolute atomic E-state index is 0.0486. The van der Waals surface area contributed by atoms with Crippen LogP contribution in [0.1, 0.15) is 45.0 Å². The van der Waals surface area contributed by atoms with Crippen LogP contribution in [0.4, 0.5) is 17.6 Å². The van der Waals surface area contributed by atoms with E-state index < -0.39 is 29.2 Å². The van der Waals surface area contributed by atoms with Gasteiger partial charge in [0.15, 0.2) is 5.82 Å². The van der Waals surface area contributed by atoms with Crippen molar-refractivity contribution in [3.8, 4) is 29.0 Å². The number of hydrogen-bond acceptors (Lipinski definition) is 6. The number of benzene rings is 3. The van der Waals surface area contributed by atoms with Gasteiger partial charge >= 0.3 is 5.97 Å². The van der Waals surface area contributed by atoms with E-state index in [-0.39, 0.29) is 76.4 Å². The van der Waals surface area contributed by atoms with Crippen LogP contribution in [0.5, 0.6) is 5.88 Å². The molecule has 13 heteroatoms. The highest BCUT2D eigenvalue weighted by Gasteiger charge is 2.25. The Morgan fingerprint density at radius 2 is 1.80 bits per heavy atom. The average molecular weight is 682 g/mol. The molecule has 6 aromatic rings. The van der Waals surface area contributed by atoms with Gasteiger partial charge in [-0.15, -0.1) is 0 Å². The number of nitrogens with zero attached hydrogens (tertiary/aromatic N) is 5. The molecule has 1 saturated heterocycles. The Hall–Kier alpha value is -6.00. The van der Waals surface area contributed by atoms with E-state index in [1.54, 1.807) is 46.9 Å². The molecule has 1 fully saturated rings. The molecule has 0 bridgehead atoms. The average Bonchev–Trinajstić information content (AvgIpc) is 3.65. The van der Waals surface area contributed by atoms with Gasteiger partial charge in [-0.1, -0.05) is 18.1 Å². The molecule has 0 radical (unpaired) electrons. The monoisotopic (exact) mass is 681 g/mol. The molecule has 1 aliphatic heterocycles. The molecular weight excluding hydrogens is 654 g/mol. The van der Waals surface area contributed by atoms with Crippen LogP contribution < -0.4 is 4.74 Å². The van der Waals surface area contributed by atoms with Crippen molar-refractivity contribution < 1.29 is 36.9 Å². The second-order valence-electron chi connectivity index (χ2n) is 11.7. The maximum atomic E-state index is 15.6. The van der Waals surface area contributed by atoms with Crippen LogP contribution in [-0.4, -0.2) is 47.9 Å². The summed E-state index contributed by atoms with van der Waals surface area (Å²) in [5.41, 5.74) is 1.19. The Labute approximate surface area is 282 Å². The highest BCUT2D eigenvalue weighted by molar-refractivity contribution is 5.92.